The van der Waals surface area contributed by atoms with Gasteiger partial charge in [-0.2, -0.15) is 0 Å². The zero-order chi connectivity index (χ0) is 16.2. The van der Waals surface area contributed by atoms with Crippen molar-refractivity contribution in [2.45, 2.75) is 0 Å². The first-order chi connectivity index (χ1) is 11.2. The maximum absolute atomic E-state index is 9.93. The van der Waals surface area contributed by atoms with Crippen LogP contribution in [0.25, 0.3) is 23.1 Å². The largest absolute Gasteiger partial charge is 0.502 e. The molecule has 1 heterocycles. The van der Waals surface area contributed by atoms with E-state index in [0.29, 0.717) is 11.5 Å². The number of aromatic hydroxyl groups is 1. The zero-order valence-electron chi connectivity index (χ0n) is 13.0. The Morgan fingerprint density at radius 1 is 0.913 bits per heavy atom. The molecule has 3 aromatic rings. The van der Waals surface area contributed by atoms with E-state index < -0.39 is 0 Å². The average Bonchev–Trinajstić information content (AvgIpc) is 2.60. The summed E-state index contributed by atoms with van der Waals surface area (Å²) >= 11 is 0. The molecule has 0 fully saturated rings. The number of aromatic nitrogens is 1. The highest BCUT2D eigenvalue weighted by Crippen LogP contribution is 2.37. The SMILES string of the molecule is COc1cc(/C=C/c2ccc3ccccc3n2)cc(OC)c1O. The van der Waals surface area contributed by atoms with E-state index in [-0.39, 0.29) is 5.75 Å². The third kappa shape index (κ3) is 3.11. The molecule has 0 aliphatic rings. The van der Waals surface area contributed by atoms with Crippen LogP contribution in [0.1, 0.15) is 11.3 Å². The molecule has 4 nitrogen and oxygen atoms in total. The number of rotatable bonds is 4. The average molecular weight is 307 g/mol. The molecular formula is C19H17NO3. The standard InChI is InChI=1S/C19H17NO3/c1-22-17-11-13(12-18(23-2)19(17)21)7-9-15-10-8-14-5-3-4-6-16(14)20-15/h3-12,21H,1-2H3/b9-7+. The van der Waals surface area contributed by atoms with Gasteiger partial charge in [0.15, 0.2) is 11.5 Å². The summed E-state index contributed by atoms with van der Waals surface area (Å²) in [5.74, 6) is 0.738. The maximum atomic E-state index is 9.93. The van der Waals surface area contributed by atoms with E-state index in [4.69, 9.17) is 9.47 Å². The topological polar surface area (TPSA) is 51.6 Å². The van der Waals surface area contributed by atoms with Gasteiger partial charge in [0.05, 0.1) is 25.4 Å². The molecule has 0 unspecified atom stereocenters. The van der Waals surface area contributed by atoms with Crippen molar-refractivity contribution in [3.63, 3.8) is 0 Å². The number of nitrogens with zero attached hydrogens (tertiary/aromatic N) is 1. The summed E-state index contributed by atoms with van der Waals surface area (Å²) < 4.78 is 10.3. The van der Waals surface area contributed by atoms with Crippen LogP contribution in [0.4, 0.5) is 0 Å². The highest BCUT2D eigenvalue weighted by atomic mass is 16.5. The number of pyridine rings is 1. The minimum atomic E-state index is -0.00372. The molecule has 1 aromatic heterocycles. The summed E-state index contributed by atoms with van der Waals surface area (Å²) in [7, 11) is 3.01. The quantitative estimate of drug-likeness (QED) is 0.787. The van der Waals surface area contributed by atoms with Crippen molar-refractivity contribution in [1.82, 2.24) is 4.98 Å². The summed E-state index contributed by atoms with van der Waals surface area (Å²) in [4.78, 5) is 4.59. The molecule has 0 saturated carbocycles. The first-order valence-corrected chi connectivity index (χ1v) is 7.20. The number of hydrogen-bond acceptors (Lipinski definition) is 4. The molecule has 116 valence electrons. The van der Waals surface area contributed by atoms with Crippen molar-refractivity contribution in [3.8, 4) is 17.2 Å². The summed E-state index contributed by atoms with van der Waals surface area (Å²) in [5.41, 5.74) is 2.66. The van der Waals surface area contributed by atoms with Crippen LogP contribution in [0, 0.1) is 0 Å². The molecule has 0 radical (unpaired) electrons. The summed E-state index contributed by atoms with van der Waals surface area (Å²) in [6.07, 6.45) is 3.82. The maximum Gasteiger partial charge on any atom is 0.200 e. The number of phenols is 1. The fourth-order valence-electron chi connectivity index (χ4n) is 2.37. The molecular weight excluding hydrogens is 290 g/mol. The van der Waals surface area contributed by atoms with Crippen LogP contribution >= 0.6 is 0 Å². The van der Waals surface area contributed by atoms with E-state index in [1.807, 2.05) is 48.6 Å². The second kappa shape index (κ2) is 6.40. The summed E-state index contributed by atoms with van der Waals surface area (Å²) in [6, 6.07) is 15.5. The van der Waals surface area contributed by atoms with Crippen molar-refractivity contribution in [1.29, 1.82) is 0 Å². The Morgan fingerprint density at radius 3 is 2.30 bits per heavy atom. The number of methoxy groups -OCH3 is 2. The van der Waals surface area contributed by atoms with Crippen molar-refractivity contribution in [2.75, 3.05) is 14.2 Å². The lowest BCUT2D eigenvalue weighted by atomic mass is 10.1. The van der Waals surface area contributed by atoms with Crippen LogP contribution in [0.5, 0.6) is 17.2 Å². The van der Waals surface area contributed by atoms with E-state index in [1.165, 1.54) is 14.2 Å². The first-order valence-electron chi connectivity index (χ1n) is 7.20. The van der Waals surface area contributed by atoms with Crippen molar-refractivity contribution in [3.05, 3.63) is 59.8 Å². The van der Waals surface area contributed by atoms with Gasteiger partial charge in [0.1, 0.15) is 0 Å². The second-order valence-corrected chi connectivity index (χ2v) is 5.04. The Bertz CT molecular complexity index is 846. The molecule has 3 rings (SSSR count). The fraction of sp³-hybridized carbons (Fsp3) is 0.105. The normalized spacial score (nSPS) is 11.0. The van der Waals surface area contributed by atoms with Crippen molar-refractivity contribution >= 4 is 23.1 Å². The van der Waals surface area contributed by atoms with Crippen molar-refractivity contribution in [2.24, 2.45) is 0 Å². The highest BCUT2D eigenvalue weighted by molar-refractivity contribution is 5.81. The molecule has 0 spiro atoms. The molecule has 23 heavy (non-hydrogen) atoms. The van der Waals surface area contributed by atoms with E-state index in [1.54, 1.807) is 12.1 Å². The van der Waals surface area contributed by atoms with Crippen LogP contribution < -0.4 is 9.47 Å². The predicted molar refractivity (Wildman–Crippen MR) is 91.9 cm³/mol. The monoisotopic (exact) mass is 307 g/mol. The Kier molecular flexibility index (Phi) is 4.15. The lowest BCUT2D eigenvalue weighted by Gasteiger charge is -2.09. The molecule has 4 heteroatoms. The third-order valence-corrected chi connectivity index (χ3v) is 3.57. The zero-order valence-corrected chi connectivity index (χ0v) is 13.0. The lowest BCUT2D eigenvalue weighted by Crippen LogP contribution is -1.90. The minimum absolute atomic E-state index is 0.00372. The molecule has 0 aliphatic heterocycles. The minimum Gasteiger partial charge on any atom is -0.502 e. The van der Waals surface area contributed by atoms with Gasteiger partial charge in [0.2, 0.25) is 5.75 Å². The Balaban J connectivity index is 1.94. The number of hydrogen-bond donors (Lipinski definition) is 1. The van der Waals surface area contributed by atoms with Gasteiger partial charge in [-0.25, -0.2) is 4.98 Å². The molecule has 0 saturated heterocycles. The predicted octanol–water partition coefficient (Wildman–Crippen LogP) is 4.13. The third-order valence-electron chi connectivity index (χ3n) is 3.57. The molecule has 0 amide bonds. The van der Waals surface area contributed by atoms with Gasteiger partial charge in [-0.1, -0.05) is 30.3 Å². The molecule has 2 aromatic carbocycles. The first kappa shape index (κ1) is 14.9. The number of phenolic OH excluding ortho intramolecular Hbond substituents is 1. The summed E-state index contributed by atoms with van der Waals surface area (Å²) in [5, 5.41) is 11.0. The van der Waals surface area contributed by atoms with Gasteiger partial charge < -0.3 is 14.6 Å². The number of ether oxygens (including phenoxy) is 2. The van der Waals surface area contributed by atoms with E-state index >= 15 is 0 Å². The van der Waals surface area contributed by atoms with E-state index in [0.717, 1.165) is 22.2 Å². The van der Waals surface area contributed by atoms with Crippen LogP contribution in [-0.4, -0.2) is 24.3 Å². The van der Waals surface area contributed by atoms with Gasteiger partial charge in [-0.3, -0.25) is 0 Å². The van der Waals surface area contributed by atoms with Gasteiger partial charge in [0.25, 0.3) is 0 Å². The van der Waals surface area contributed by atoms with Gasteiger partial charge in [-0.15, -0.1) is 0 Å². The molecule has 0 atom stereocenters. The number of benzene rings is 2. The van der Waals surface area contributed by atoms with Gasteiger partial charge >= 0.3 is 0 Å². The Labute approximate surface area is 134 Å². The number of para-hydroxylation sites is 1. The van der Waals surface area contributed by atoms with Crippen LogP contribution in [0.3, 0.4) is 0 Å². The Morgan fingerprint density at radius 2 is 1.61 bits per heavy atom. The van der Waals surface area contributed by atoms with E-state index in [9.17, 15) is 5.11 Å². The molecule has 0 aliphatic carbocycles. The van der Waals surface area contributed by atoms with Gasteiger partial charge in [-0.05, 0) is 35.9 Å². The summed E-state index contributed by atoms with van der Waals surface area (Å²) in [6.45, 7) is 0. The molecule has 0 bridgehead atoms. The van der Waals surface area contributed by atoms with Crippen LogP contribution in [0.2, 0.25) is 0 Å². The lowest BCUT2D eigenvalue weighted by molar-refractivity contribution is 0.340. The van der Waals surface area contributed by atoms with Gasteiger partial charge in [0, 0.05) is 5.39 Å². The fourth-order valence-corrected chi connectivity index (χ4v) is 2.37. The molecule has 1 N–H and O–H groups in total. The van der Waals surface area contributed by atoms with Crippen LogP contribution in [-0.2, 0) is 0 Å². The highest BCUT2D eigenvalue weighted by Gasteiger charge is 2.09. The van der Waals surface area contributed by atoms with Crippen LogP contribution in [0.15, 0.2) is 48.5 Å². The number of fused-ring (bicyclic) bond motifs is 1. The van der Waals surface area contributed by atoms with E-state index in [2.05, 4.69) is 4.98 Å². The second-order valence-electron chi connectivity index (χ2n) is 5.04. The van der Waals surface area contributed by atoms with Crippen molar-refractivity contribution < 1.29 is 14.6 Å². The Hall–Kier alpha value is -3.01. The smallest absolute Gasteiger partial charge is 0.200 e.